The van der Waals surface area contributed by atoms with Crippen molar-refractivity contribution in [2.75, 3.05) is 18.4 Å². The standard InChI is InChI=1S/C21H30N4O3/c22-19(26)14-25(13-12-15-4-2-1-3-5-15)20(27)16-6-8-17(9-7-16)23-21(28)24-18-10-11-18/h6-9,15,18H,1-5,10-14H2,(H2,22,26)(H2,23,24,28). The van der Waals surface area contributed by atoms with Crippen LogP contribution < -0.4 is 16.4 Å². The molecule has 2 saturated carbocycles. The molecule has 0 bridgehead atoms. The van der Waals surface area contributed by atoms with Crippen molar-refractivity contribution in [3.63, 3.8) is 0 Å². The van der Waals surface area contributed by atoms with Crippen molar-refractivity contribution in [2.45, 2.75) is 57.4 Å². The van der Waals surface area contributed by atoms with E-state index in [4.69, 9.17) is 5.73 Å². The van der Waals surface area contributed by atoms with Gasteiger partial charge in [0.25, 0.3) is 5.91 Å². The number of primary amides is 1. The number of urea groups is 1. The van der Waals surface area contributed by atoms with Crippen LogP contribution in [-0.4, -0.2) is 41.9 Å². The largest absolute Gasteiger partial charge is 0.368 e. The Morgan fingerprint density at radius 2 is 1.68 bits per heavy atom. The number of anilines is 1. The summed E-state index contributed by atoms with van der Waals surface area (Å²) in [5, 5.41) is 5.61. The van der Waals surface area contributed by atoms with E-state index in [-0.39, 0.29) is 24.5 Å². The van der Waals surface area contributed by atoms with Crippen molar-refractivity contribution in [1.29, 1.82) is 0 Å². The minimum Gasteiger partial charge on any atom is -0.368 e. The van der Waals surface area contributed by atoms with Gasteiger partial charge in [-0.1, -0.05) is 32.1 Å². The number of amides is 4. The summed E-state index contributed by atoms with van der Waals surface area (Å²) in [5.41, 5.74) is 6.46. The van der Waals surface area contributed by atoms with Gasteiger partial charge in [-0.15, -0.1) is 0 Å². The summed E-state index contributed by atoms with van der Waals surface area (Å²) in [6.07, 6.45) is 9.13. The average Bonchev–Trinajstić information content (AvgIpc) is 3.49. The van der Waals surface area contributed by atoms with Crippen molar-refractivity contribution in [3.05, 3.63) is 29.8 Å². The van der Waals surface area contributed by atoms with E-state index in [2.05, 4.69) is 10.6 Å². The van der Waals surface area contributed by atoms with E-state index in [0.29, 0.717) is 23.7 Å². The topological polar surface area (TPSA) is 105 Å². The summed E-state index contributed by atoms with van der Waals surface area (Å²) in [7, 11) is 0. The van der Waals surface area contributed by atoms with E-state index < -0.39 is 5.91 Å². The zero-order valence-electron chi connectivity index (χ0n) is 16.3. The molecule has 1 aromatic rings. The third-order valence-corrected chi connectivity index (χ3v) is 5.47. The molecule has 1 aromatic carbocycles. The highest BCUT2D eigenvalue weighted by molar-refractivity contribution is 5.97. The molecular formula is C21H30N4O3. The predicted molar refractivity (Wildman–Crippen MR) is 108 cm³/mol. The molecule has 0 radical (unpaired) electrons. The van der Waals surface area contributed by atoms with Gasteiger partial charge in [0, 0.05) is 23.8 Å². The highest BCUT2D eigenvalue weighted by Crippen LogP contribution is 2.26. The SMILES string of the molecule is NC(=O)CN(CCC1CCCCC1)C(=O)c1ccc(NC(=O)NC2CC2)cc1. The first-order valence-electron chi connectivity index (χ1n) is 10.3. The van der Waals surface area contributed by atoms with Crippen LogP contribution in [0.5, 0.6) is 0 Å². The Balaban J connectivity index is 1.56. The molecule has 0 aromatic heterocycles. The molecule has 0 heterocycles. The van der Waals surface area contributed by atoms with Crippen molar-refractivity contribution in [3.8, 4) is 0 Å². The van der Waals surface area contributed by atoms with Crippen molar-refractivity contribution in [2.24, 2.45) is 11.7 Å². The lowest BCUT2D eigenvalue weighted by Gasteiger charge is -2.26. The molecule has 7 heteroatoms. The first-order valence-corrected chi connectivity index (χ1v) is 10.3. The molecule has 0 saturated heterocycles. The van der Waals surface area contributed by atoms with Crippen LogP contribution in [0.25, 0.3) is 0 Å². The molecule has 4 amide bonds. The Morgan fingerprint density at radius 3 is 2.29 bits per heavy atom. The van der Waals surface area contributed by atoms with E-state index in [1.807, 2.05) is 0 Å². The summed E-state index contributed by atoms with van der Waals surface area (Å²) in [6.45, 7) is 0.464. The van der Waals surface area contributed by atoms with Crippen LogP contribution in [0, 0.1) is 5.92 Å². The van der Waals surface area contributed by atoms with Gasteiger partial charge in [-0.05, 0) is 49.4 Å². The van der Waals surface area contributed by atoms with Crippen LogP contribution in [-0.2, 0) is 4.79 Å². The first kappa shape index (κ1) is 20.2. The molecule has 152 valence electrons. The van der Waals surface area contributed by atoms with Gasteiger partial charge in [0.05, 0.1) is 6.54 Å². The van der Waals surface area contributed by atoms with Crippen LogP contribution in [0.1, 0.15) is 61.7 Å². The monoisotopic (exact) mass is 386 g/mol. The third kappa shape index (κ3) is 6.25. The Kier molecular flexibility index (Phi) is 6.90. The number of nitrogens with one attached hydrogen (secondary N) is 2. The van der Waals surface area contributed by atoms with Gasteiger partial charge in [0.15, 0.2) is 0 Å². The number of benzene rings is 1. The summed E-state index contributed by atoms with van der Waals surface area (Å²) in [4.78, 5) is 37.6. The molecule has 4 N–H and O–H groups in total. The highest BCUT2D eigenvalue weighted by atomic mass is 16.2. The number of hydrogen-bond donors (Lipinski definition) is 3. The quantitative estimate of drug-likeness (QED) is 0.640. The average molecular weight is 386 g/mol. The molecule has 2 aliphatic carbocycles. The van der Waals surface area contributed by atoms with Gasteiger partial charge in [-0.3, -0.25) is 9.59 Å². The van der Waals surface area contributed by atoms with E-state index >= 15 is 0 Å². The summed E-state index contributed by atoms with van der Waals surface area (Å²) in [5.74, 6) is -0.0934. The normalized spacial score (nSPS) is 17.0. The number of carbonyl (C=O) groups is 3. The number of nitrogens with two attached hydrogens (primary N) is 1. The van der Waals surface area contributed by atoms with Gasteiger partial charge in [0.2, 0.25) is 5.91 Å². The molecule has 2 aliphatic rings. The number of nitrogens with zero attached hydrogens (tertiary/aromatic N) is 1. The number of rotatable bonds is 8. The predicted octanol–water partition coefficient (Wildman–Crippen LogP) is 2.87. The van der Waals surface area contributed by atoms with Crippen LogP contribution in [0.15, 0.2) is 24.3 Å². The molecule has 0 unspecified atom stereocenters. The molecular weight excluding hydrogens is 356 g/mol. The van der Waals surface area contributed by atoms with E-state index in [9.17, 15) is 14.4 Å². The fourth-order valence-electron chi connectivity index (χ4n) is 3.71. The van der Waals surface area contributed by atoms with Crippen molar-refractivity contribution >= 4 is 23.5 Å². The minimum absolute atomic E-state index is 0.0741. The van der Waals surface area contributed by atoms with Crippen molar-refractivity contribution < 1.29 is 14.4 Å². The molecule has 0 aliphatic heterocycles. The van der Waals surface area contributed by atoms with Gasteiger partial charge < -0.3 is 21.3 Å². The zero-order valence-corrected chi connectivity index (χ0v) is 16.3. The van der Waals surface area contributed by atoms with Crippen LogP contribution in [0.4, 0.5) is 10.5 Å². The second kappa shape index (κ2) is 9.57. The van der Waals surface area contributed by atoms with Crippen LogP contribution >= 0.6 is 0 Å². The fourth-order valence-corrected chi connectivity index (χ4v) is 3.71. The fraction of sp³-hybridized carbons (Fsp3) is 0.571. The van der Waals surface area contributed by atoms with Crippen LogP contribution in [0.2, 0.25) is 0 Å². The Bertz CT molecular complexity index is 694. The third-order valence-electron chi connectivity index (χ3n) is 5.47. The van der Waals surface area contributed by atoms with Gasteiger partial charge in [-0.25, -0.2) is 4.79 Å². The molecule has 0 atom stereocenters. The lowest BCUT2D eigenvalue weighted by Crippen LogP contribution is -2.39. The van der Waals surface area contributed by atoms with Gasteiger partial charge >= 0.3 is 6.03 Å². The lowest BCUT2D eigenvalue weighted by molar-refractivity contribution is -0.118. The summed E-state index contributed by atoms with van der Waals surface area (Å²) >= 11 is 0. The lowest BCUT2D eigenvalue weighted by atomic mass is 9.87. The smallest absolute Gasteiger partial charge is 0.319 e. The summed E-state index contributed by atoms with van der Waals surface area (Å²) < 4.78 is 0. The van der Waals surface area contributed by atoms with E-state index in [1.54, 1.807) is 29.2 Å². The Morgan fingerprint density at radius 1 is 1.00 bits per heavy atom. The summed E-state index contributed by atoms with van der Waals surface area (Å²) in [6, 6.07) is 6.79. The maximum absolute atomic E-state index is 12.9. The zero-order chi connectivity index (χ0) is 19.9. The number of carbonyl (C=O) groups excluding carboxylic acids is 3. The first-order chi connectivity index (χ1) is 13.5. The number of hydrogen-bond acceptors (Lipinski definition) is 3. The van der Waals surface area contributed by atoms with Gasteiger partial charge in [0.1, 0.15) is 0 Å². The second-order valence-corrected chi connectivity index (χ2v) is 7.94. The second-order valence-electron chi connectivity index (χ2n) is 7.94. The molecule has 7 nitrogen and oxygen atoms in total. The highest BCUT2D eigenvalue weighted by Gasteiger charge is 2.23. The maximum Gasteiger partial charge on any atom is 0.319 e. The van der Waals surface area contributed by atoms with Crippen molar-refractivity contribution in [1.82, 2.24) is 10.2 Å². The Labute approximate surface area is 166 Å². The van der Waals surface area contributed by atoms with Gasteiger partial charge in [-0.2, -0.15) is 0 Å². The molecule has 0 spiro atoms. The van der Waals surface area contributed by atoms with E-state index in [1.165, 1.54) is 32.1 Å². The molecule has 28 heavy (non-hydrogen) atoms. The maximum atomic E-state index is 12.9. The molecule has 2 fully saturated rings. The molecule has 3 rings (SSSR count). The Hall–Kier alpha value is -2.57. The minimum atomic E-state index is -0.507. The van der Waals surface area contributed by atoms with Crippen LogP contribution in [0.3, 0.4) is 0 Å². The van der Waals surface area contributed by atoms with E-state index in [0.717, 1.165) is 19.3 Å².